The van der Waals surface area contributed by atoms with Crippen LogP contribution in [-0.2, 0) is 0 Å². The van der Waals surface area contributed by atoms with Crippen LogP contribution in [0.25, 0.3) is 0 Å². The highest BCUT2D eigenvalue weighted by Crippen LogP contribution is 2.38. The van der Waals surface area contributed by atoms with Crippen molar-refractivity contribution in [3.63, 3.8) is 0 Å². The Kier molecular flexibility index (Phi) is 6.27. The lowest BCUT2D eigenvalue weighted by atomic mass is 9.74. The molecule has 0 radical (unpaired) electrons. The Morgan fingerprint density at radius 2 is 1.90 bits per heavy atom. The van der Waals surface area contributed by atoms with E-state index in [2.05, 4.69) is 58.9 Å². The van der Waals surface area contributed by atoms with Gasteiger partial charge >= 0.3 is 0 Å². The molecule has 3 heteroatoms. The van der Waals surface area contributed by atoms with Crippen LogP contribution in [0, 0.1) is 5.41 Å². The van der Waals surface area contributed by atoms with E-state index in [0.717, 1.165) is 17.4 Å². The Hall–Kier alpha value is -0.380. The lowest BCUT2D eigenvalue weighted by Gasteiger charge is -2.41. The first-order chi connectivity index (χ1) is 10.1. The van der Waals surface area contributed by atoms with E-state index in [-0.39, 0.29) is 6.04 Å². The molecule has 0 aromatic heterocycles. The summed E-state index contributed by atoms with van der Waals surface area (Å²) in [6.45, 7) is 8.31. The topological polar surface area (TPSA) is 29.3 Å². The zero-order valence-corrected chi connectivity index (χ0v) is 15.0. The van der Waals surface area contributed by atoms with Crippen LogP contribution in [0.3, 0.4) is 0 Å². The van der Waals surface area contributed by atoms with Gasteiger partial charge in [-0.05, 0) is 62.0 Å². The molecule has 1 saturated heterocycles. The van der Waals surface area contributed by atoms with Crippen LogP contribution in [0.2, 0.25) is 0 Å². The third kappa shape index (κ3) is 4.54. The molecule has 1 atom stereocenters. The highest BCUT2D eigenvalue weighted by atomic mass is 79.9. The Morgan fingerprint density at radius 3 is 2.48 bits per heavy atom. The number of nitrogens with zero attached hydrogens (tertiary/aromatic N) is 1. The first-order valence-electron chi connectivity index (χ1n) is 8.32. The van der Waals surface area contributed by atoms with Gasteiger partial charge in [0.05, 0.1) is 0 Å². The number of halogens is 1. The van der Waals surface area contributed by atoms with Gasteiger partial charge in [0.1, 0.15) is 0 Å². The molecule has 0 spiro atoms. The minimum absolute atomic E-state index is 0.145. The maximum Gasteiger partial charge on any atom is 0.0307 e. The third-order valence-corrected chi connectivity index (χ3v) is 5.94. The molecule has 1 aliphatic heterocycles. The number of piperidine rings is 1. The van der Waals surface area contributed by atoms with Crippen molar-refractivity contribution >= 4 is 15.9 Å². The van der Waals surface area contributed by atoms with Crippen LogP contribution in [0.15, 0.2) is 28.7 Å². The Balaban J connectivity index is 1.79. The van der Waals surface area contributed by atoms with Crippen LogP contribution in [-0.4, -0.2) is 24.5 Å². The maximum absolute atomic E-state index is 6.34. The molecule has 0 bridgehead atoms. The second-order valence-electron chi connectivity index (χ2n) is 6.50. The van der Waals surface area contributed by atoms with Gasteiger partial charge in [0.25, 0.3) is 0 Å². The maximum atomic E-state index is 6.34. The SMILES string of the molecule is CCC1(CC)CCN(CCC(N)c2cccc(Br)c2)CC1. The smallest absolute Gasteiger partial charge is 0.0307 e. The molecule has 1 aromatic carbocycles. The van der Waals surface area contributed by atoms with Gasteiger partial charge in [0.15, 0.2) is 0 Å². The monoisotopic (exact) mass is 352 g/mol. The van der Waals surface area contributed by atoms with E-state index >= 15 is 0 Å². The van der Waals surface area contributed by atoms with E-state index in [1.807, 2.05) is 0 Å². The van der Waals surface area contributed by atoms with E-state index < -0.39 is 0 Å². The first-order valence-corrected chi connectivity index (χ1v) is 9.11. The number of hydrogen-bond donors (Lipinski definition) is 1. The second kappa shape index (κ2) is 7.75. The molecular formula is C18H29BrN2. The lowest BCUT2D eigenvalue weighted by molar-refractivity contribution is 0.0934. The summed E-state index contributed by atoms with van der Waals surface area (Å²) in [5.74, 6) is 0. The number of likely N-dealkylation sites (tertiary alicyclic amines) is 1. The van der Waals surface area contributed by atoms with E-state index in [0.29, 0.717) is 5.41 Å². The summed E-state index contributed by atoms with van der Waals surface area (Å²) in [5.41, 5.74) is 8.19. The summed E-state index contributed by atoms with van der Waals surface area (Å²) in [6.07, 6.45) is 6.41. The molecule has 1 fully saturated rings. The summed E-state index contributed by atoms with van der Waals surface area (Å²) in [5, 5.41) is 0. The highest BCUT2D eigenvalue weighted by molar-refractivity contribution is 9.10. The van der Waals surface area contributed by atoms with Crippen LogP contribution in [0.4, 0.5) is 0 Å². The molecule has 2 N–H and O–H groups in total. The van der Waals surface area contributed by atoms with Crippen molar-refractivity contribution in [1.82, 2.24) is 4.90 Å². The van der Waals surface area contributed by atoms with Crippen molar-refractivity contribution in [2.75, 3.05) is 19.6 Å². The summed E-state index contributed by atoms with van der Waals surface area (Å²) >= 11 is 3.52. The second-order valence-corrected chi connectivity index (χ2v) is 7.41. The molecule has 0 amide bonds. The van der Waals surface area contributed by atoms with Gasteiger partial charge in [-0.3, -0.25) is 0 Å². The predicted octanol–water partition coefficient (Wildman–Crippen LogP) is 4.74. The largest absolute Gasteiger partial charge is 0.324 e. The number of rotatable bonds is 6. The molecule has 2 rings (SSSR count). The van der Waals surface area contributed by atoms with Crippen molar-refractivity contribution in [2.24, 2.45) is 11.1 Å². The fourth-order valence-electron chi connectivity index (χ4n) is 3.43. The van der Waals surface area contributed by atoms with Crippen molar-refractivity contribution < 1.29 is 0 Å². The van der Waals surface area contributed by atoms with Gasteiger partial charge in [0.2, 0.25) is 0 Å². The summed E-state index contributed by atoms with van der Waals surface area (Å²) < 4.78 is 1.11. The molecule has 2 nitrogen and oxygen atoms in total. The zero-order chi connectivity index (χ0) is 15.3. The summed E-state index contributed by atoms with van der Waals surface area (Å²) in [6, 6.07) is 8.53. The summed E-state index contributed by atoms with van der Waals surface area (Å²) in [4.78, 5) is 2.60. The average molecular weight is 353 g/mol. The molecule has 118 valence electrons. The van der Waals surface area contributed by atoms with Crippen molar-refractivity contribution in [3.05, 3.63) is 34.3 Å². The van der Waals surface area contributed by atoms with Gasteiger partial charge < -0.3 is 10.6 Å². The molecule has 1 aliphatic rings. The minimum Gasteiger partial charge on any atom is -0.324 e. The average Bonchev–Trinajstić information content (AvgIpc) is 2.53. The normalized spacial score (nSPS) is 20.4. The van der Waals surface area contributed by atoms with E-state index in [1.165, 1.54) is 44.3 Å². The van der Waals surface area contributed by atoms with Crippen LogP contribution < -0.4 is 5.73 Å². The van der Waals surface area contributed by atoms with Crippen molar-refractivity contribution in [1.29, 1.82) is 0 Å². The van der Waals surface area contributed by atoms with Crippen LogP contribution >= 0.6 is 15.9 Å². The van der Waals surface area contributed by atoms with Gasteiger partial charge in [-0.25, -0.2) is 0 Å². The number of hydrogen-bond acceptors (Lipinski definition) is 2. The van der Waals surface area contributed by atoms with Crippen LogP contribution in [0.5, 0.6) is 0 Å². The first kappa shape index (κ1) is 17.0. The Labute approximate surface area is 138 Å². The predicted molar refractivity (Wildman–Crippen MR) is 94.4 cm³/mol. The standard InChI is InChI=1S/C18H29BrN2/c1-3-18(4-2)9-12-21(13-10-18)11-8-17(20)15-6-5-7-16(19)14-15/h5-7,14,17H,3-4,8-13,20H2,1-2H3. The van der Waals surface area contributed by atoms with Crippen molar-refractivity contribution in [2.45, 2.75) is 52.0 Å². The van der Waals surface area contributed by atoms with Gasteiger partial charge in [-0.15, -0.1) is 0 Å². The molecule has 0 saturated carbocycles. The van der Waals surface area contributed by atoms with E-state index in [9.17, 15) is 0 Å². The number of benzene rings is 1. The lowest BCUT2D eigenvalue weighted by Crippen LogP contribution is -2.40. The van der Waals surface area contributed by atoms with Crippen LogP contribution in [0.1, 0.15) is 57.6 Å². The van der Waals surface area contributed by atoms with Gasteiger partial charge in [-0.1, -0.05) is 54.8 Å². The minimum atomic E-state index is 0.145. The molecular weight excluding hydrogens is 324 g/mol. The van der Waals surface area contributed by atoms with Crippen molar-refractivity contribution in [3.8, 4) is 0 Å². The molecule has 0 aliphatic carbocycles. The highest BCUT2D eigenvalue weighted by Gasteiger charge is 2.30. The Bertz CT molecular complexity index is 433. The van der Waals surface area contributed by atoms with E-state index in [1.54, 1.807) is 0 Å². The zero-order valence-electron chi connectivity index (χ0n) is 13.4. The molecule has 1 unspecified atom stereocenters. The van der Waals surface area contributed by atoms with E-state index in [4.69, 9.17) is 5.73 Å². The third-order valence-electron chi connectivity index (χ3n) is 5.45. The quantitative estimate of drug-likeness (QED) is 0.800. The molecule has 1 aromatic rings. The summed E-state index contributed by atoms with van der Waals surface area (Å²) in [7, 11) is 0. The van der Waals surface area contributed by atoms with Gasteiger partial charge in [0, 0.05) is 10.5 Å². The van der Waals surface area contributed by atoms with Gasteiger partial charge in [-0.2, -0.15) is 0 Å². The fraction of sp³-hybridized carbons (Fsp3) is 0.667. The fourth-order valence-corrected chi connectivity index (χ4v) is 3.85. The molecule has 1 heterocycles. The Morgan fingerprint density at radius 1 is 1.24 bits per heavy atom. The molecule has 21 heavy (non-hydrogen) atoms. The number of nitrogens with two attached hydrogens (primary N) is 1.